The van der Waals surface area contributed by atoms with Gasteiger partial charge in [-0.05, 0) is 30.5 Å². The highest BCUT2D eigenvalue weighted by molar-refractivity contribution is 5.82. The van der Waals surface area contributed by atoms with Gasteiger partial charge in [0.1, 0.15) is 0 Å². The van der Waals surface area contributed by atoms with E-state index in [4.69, 9.17) is 4.98 Å². The van der Waals surface area contributed by atoms with E-state index in [1.807, 2.05) is 24.3 Å². The number of aromatic nitrogens is 1. The zero-order chi connectivity index (χ0) is 12.4. The van der Waals surface area contributed by atoms with Gasteiger partial charge in [0.05, 0.1) is 12.1 Å². The Morgan fingerprint density at radius 1 is 1.11 bits per heavy atom. The molecular weight excluding hydrogens is 222 g/mol. The summed E-state index contributed by atoms with van der Waals surface area (Å²) in [7, 11) is 0. The van der Waals surface area contributed by atoms with Crippen molar-refractivity contribution in [2.75, 3.05) is 0 Å². The highest BCUT2D eigenvalue weighted by Gasteiger charge is 2.18. The molecule has 1 aromatic carbocycles. The number of fused-ring (bicyclic) bond motifs is 1. The van der Waals surface area contributed by atoms with E-state index >= 15 is 0 Å². The molecule has 1 aromatic heterocycles. The van der Waals surface area contributed by atoms with Crippen LogP contribution in [0.2, 0.25) is 0 Å². The second-order valence-corrected chi connectivity index (χ2v) is 5.22. The molecular formula is C16H19NO. The maximum atomic E-state index is 9.53. The first-order valence-corrected chi connectivity index (χ1v) is 6.88. The van der Waals surface area contributed by atoms with Crippen molar-refractivity contribution >= 4 is 10.9 Å². The number of para-hydroxylation sites is 1. The molecule has 1 fully saturated rings. The first kappa shape index (κ1) is 11.7. The van der Waals surface area contributed by atoms with Gasteiger partial charge in [-0.15, -0.1) is 0 Å². The van der Waals surface area contributed by atoms with Gasteiger partial charge >= 0.3 is 0 Å². The smallest absolute Gasteiger partial charge is 0.0709 e. The van der Waals surface area contributed by atoms with E-state index in [-0.39, 0.29) is 6.61 Å². The summed E-state index contributed by atoms with van der Waals surface area (Å²) in [6.07, 6.45) is 6.48. The Bertz CT molecular complexity index is 544. The molecule has 3 rings (SSSR count). The second kappa shape index (κ2) is 5.07. The minimum atomic E-state index is 0.1000. The first-order chi connectivity index (χ1) is 8.88. The maximum Gasteiger partial charge on any atom is 0.0709 e. The number of aliphatic hydroxyl groups excluding tert-OH is 1. The van der Waals surface area contributed by atoms with Crippen LogP contribution in [-0.4, -0.2) is 10.1 Å². The van der Waals surface area contributed by atoms with Gasteiger partial charge < -0.3 is 5.11 Å². The molecule has 18 heavy (non-hydrogen) atoms. The fourth-order valence-corrected chi connectivity index (χ4v) is 3.01. The van der Waals surface area contributed by atoms with E-state index < -0.39 is 0 Å². The Morgan fingerprint density at radius 3 is 2.67 bits per heavy atom. The number of aliphatic hydroxyl groups is 1. The molecule has 0 atom stereocenters. The Kier molecular flexibility index (Phi) is 3.28. The molecule has 0 unspecified atom stereocenters. The number of benzene rings is 1. The molecule has 1 aliphatic carbocycles. The Labute approximate surface area is 108 Å². The van der Waals surface area contributed by atoms with Crippen LogP contribution in [0.5, 0.6) is 0 Å². The zero-order valence-electron chi connectivity index (χ0n) is 10.6. The van der Waals surface area contributed by atoms with Crippen molar-refractivity contribution in [3.05, 3.63) is 41.6 Å². The van der Waals surface area contributed by atoms with Crippen molar-refractivity contribution in [1.29, 1.82) is 0 Å². The van der Waals surface area contributed by atoms with E-state index in [0.717, 1.165) is 16.5 Å². The zero-order valence-corrected chi connectivity index (χ0v) is 10.6. The van der Waals surface area contributed by atoms with Crippen LogP contribution in [-0.2, 0) is 6.61 Å². The van der Waals surface area contributed by atoms with Gasteiger partial charge in [-0.25, -0.2) is 0 Å². The second-order valence-electron chi connectivity index (χ2n) is 5.22. The van der Waals surface area contributed by atoms with Crippen LogP contribution in [0, 0.1) is 0 Å². The van der Waals surface area contributed by atoms with Crippen molar-refractivity contribution in [3.8, 4) is 0 Å². The Hall–Kier alpha value is -1.41. The predicted octanol–water partition coefficient (Wildman–Crippen LogP) is 3.77. The summed E-state index contributed by atoms with van der Waals surface area (Å²) < 4.78 is 0. The van der Waals surface area contributed by atoms with Gasteiger partial charge in [-0.1, -0.05) is 37.5 Å². The summed E-state index contributed by atoms with van der Waals surface area (Å²) >= 11 is 0. The third kappa shape index (κ3) is 2.13. The molecule has 2 aromatic rings. The summed E-state index contributed by atoms with van der Waals surface area (Å²) in [5.41, 5.74) is 3.21. The molecule has 1 N–H and O–H groups in total. The van der Waals surface area contributed by atoms with Crippen LogP contribution in [0.1, 0.15) is 49.3 Å². The molecule has 0 radical (unpaired) electrons. The minimum Gasteiger partial charge on any atom is -0.392 e. The summed E-state index contributed by atoms with van der Waals surface area (Å²) in [6.45, 7) is 0.1000. The number of pyridine rings is 1. The topological polar surface area (TPSA) is 33.1 Å². The van der Waals surface area contributed by atoms with Crippen LogP contribution in [0.15, 0.2) is 30.3 Å². The van der Waals surface area contributed by atoms with E-state index in [2.05, 4.69) is 6.07 Å². The van der Waals surface area contributed by atoms with Crippen molar-refractivity contribution in [2.24, 2.45) is 0 Å². The number of rotatable bonds is 2. The minimum absolute atomic E-state index is 0.1000. The standard InChI is InChI=1S/C16H19NO/c18-11-13-10-16(12-6-2-1-3-7-12)17-15-9-5-4-8-14(13)15/h4-5,8-10,12,18H,1-3,6-7,11H2. The third-order valence-electron chi connectivity index (χ3n) is 4.02. The van der Waals surface area contributed by atoms with Gasteiger partial charge in [0, 0.05) is 17.0 Å². The number of hydrogen-bond acceptors (Lipinski definition) is 2. The molecule has 94 valence electrons. The normalized spacial score (nSPS) is 17.2. The fourth-order valence-electron chi connectivity index (χ4n) is 3.01. The molecule has 1 saturated carbocycles. The summed E-state index contributed by atoms with van der Waals surface area (Å²) in [4.78, 5) is 4.80. The van der Waals surface area contributed by atoms with Crippen molar-refractivity contribution in [2.45, 2.75) is 44.6 Å². The van der Waals surface area contributed by atoms with Gasteiger partial charge in [0.2, 0.25) is 0 Å². The van der Waals surface area contributed by atoms with Gasteiger partial charge in [0.15, 0.2) is 0 Å². The van der Waals surface area contributed by atoms with Gasteiger partial charge in [-0.2, -0.15) is 0 Å². The van der Waals surface area contributed by atoms with Gasteiger partial charge in [0.25, 0.3) is 0 Å². The largest absolute Gasteiger partial charge is 0.392 e. The molecule has 0 saturated heterocycles. The third-order valence-corrected chi connectivity index (χ3v) is 4.02. The molecule has 1 aliphatic rings. The molecule has 1 heterocycles. The molecule has 0 aliphatic heterocycles. The summed E-state index contributed by atoms with van der Waals surface area (Å²) in [6, 6.07) is 10.2. The maximum absolute atomic E-state index is 9.53. The van der Waals surface area contributed by atoms with Gasteiger partial charge in [-0.3, -0.25) is 4.98 Å². The highest BCUT2D eigenvalue weighted by atomic mass is 16.3. The first-order valence-electron chi connectivity index (χ1n) is 6.88. The summed E-state index contributed by atoms with van der Waals surface area (Å²) in [5, 5.41) is 10.6. The van der Waals surface area contributed by atoms with Crippen LogP contribution in [0.3, 0.4) is 0 Å². The van der Waals surface area contributed by atoms with E-state index in [0.29, 0.717) is 5.92 Å². The summed E-state index contributed by atoms with van der Waals surface area (Å²) in [5.74, 6) is 0.591. The van der Waals surface area contributed by atoms with E-state index in [9.17, 15) is 5.11 Å². The highest BCUT2D eigenvalue weighted by Crippen LogP contribution is 2.33. The van der Waals surface area contributed by atoms with Crippen molar-refractivity contribution in [3.63, 3.8) is 0 Å². The molecule has 2 nitrogen and oxygen atoms in total. The van der Waals surface area contributed by atoms with Crippen molar-refractivity contribution in [1.82, 2.24) is 4.98 Å². The SMILES string of the molecule is OCc1cc(C2CCCCC2)nc2ccccc12. The van der Waals surface area contributed by atoms with Crippen LogP contribution < -0.4 is 0 Å². The lowest BCUT2D eigenvalue weighted by molar-refractivity contribution is 0.283. The molecule has 0 spiro atoms. The average molecular weight is 241 g/mol. The quantitative estimate of drug-likeness (QED) is 0.868. The van der Waals surface area contributed by atoms with Crippen LogP contribution in [0.4, 0.5) is 0 Å². The number of nitrogens with zero attached hydrogens (tertiary/aromatic N) is 1. The lowest BCUT2D eigenvalue weighted by Crippen LogP contribution is -2.07. The molecule has 0 amide bonds. The number of hydrogen-bond donors (Lipinski definition) is 1. The lowest BCUT2D eigenvalue weighted by Gasteiger charge is -2.22. The Balaban J connectivity index is 2.07. The molecule has 2 heteroatoms. The predicted molar refractivity (Wildman–Crippen MR) is 73.5 cm³/mol. The van der Waals surface area contributed by atoms with E-state index in [1.54, 1.807) is 0 Å². The monoisotopic (exact) mass is 241 g/mol. The average Bonchev–Trinajstić information content (AvgIpc) is 2.47. The van der Waals surface area contributed by atoms with E-state index in [1.165, 1.54) is 37.8 Å². The van der Waals surface area contributed by atoms with Crippen LogP contribution >= 0.6 is 0 Å². The fraction of sp³-hybridized carbons (Fsp3) is 0.438. The van der Waals surface area contributed by atoms with Crippen molar-refractivity contribution < 1.29 is 5.11 Å². The lowest BCUT2D eigenvalue weighted by atomic mass is 9.86. The van der Waals surface area contributed by atoms with Crippen LogP contribution in [0.25, 0.3) is 10.9 Å². The Morgan fingerprint density at radius 2 is 1.89 bits per heavy atom. The molecule has 0 bridgehead atoms.